The molecule has 0 atom stereocenters. The first-order valence-electron chi connectivity index (χ1n) is 15.2. The summed E-state index contributed by atoms with van der Waals surface area (Å²) in [6.45, 7) is 5.44. The number of nitrogens with zero attached hydrogens (tertiary/aromatic N) is 3. The number of hydrogen-bond donors (Lipinski definition) is 0. The minimum Gasteiger partial charge on any atom is -0.497 e. The average Bonchev–Trinajstić information content (AvgIpc) is 3.68. The number of hydrogen-bond acceptors (Lipinski definition) is 6. The zero-order chi connectivity index (χ0) is 30.3. The predicted octanol–water partition coefficient (Wildman–Crippen LogP) is 7.97. The Bertz CT molecular complexity index is 1660. The number of benzene rings is 4. The maximum absolute atomic E-state index is 5.72. The molecule has 7 heteroatoms. The summed E-state index contributed by atoms with van der Waals surface area (Å²) in [5.74, 6) is 4.11. The van der Waals surface area contributed by atoms with Crippen molar-refractivity contribution in [2.75, 3.05) is 21.0 Å². The van der Waals surface area contributed by atoms with Crippen LogP contribution in [0.4, 0.5) is 0 Å². The van der Waals surface area contributed by atoms with E-state index >= 15 is 0 Å². The number of aromatic nitrogens is 2. The highest BCUT2D eigenvalue weighted by molar-refractivity contribution is 5.68. The van der Waals surface area contributed by atoms with Gasteiger partial charge in [-0.05, 0) is 41.8 Å². The van der Waals surface area contributed by atoms with E-state index in [-0.39, 0.29) is 6.79 Å². The lowest BCUT2D eigenvalue weighted by molar-refractivity contribution is 0.174. The fraction of sp³-hybridized carbons (Fsp3) is 0.270. The summed E-state index contributed by atoms with van der Waals surface area (Å²) in [6.07, 6.45) is 2.16. The lowest BCUT2D eigenvalue weighted by Crippen LogP contribution is -2.24. The summed E-state index contributed by atoms with van der Waals surface area (Å²) in [5, 5.41) is 0. The predicted molar refractivity (Wildman–Crippen MR) is 173 cm³/mol. The van der Waals surface area contributed by atoms with Crippen LogP contribution in [0.3, 0.4) is 0 Å². The van der Waals surface area contributed by atoms with Gasteiger partial charge in [0.05, 0.1) is 25.6 Å². The number of imidazole rings is 1. The maximum Gasteiger partial charge on any atom is 0.231 e. The molecule has 4 aromatic carbocycles. The summed E-state index contributed by atoms with van der Waals surface area (Å²) in [4.78, 5) is 7.78. The highest BCUT2D eigenvalue weighted by Crippen LogP contribution is 2.35. The van der Waals surface area contributed by atoms with Gasteiger partial charge >= 0.3 is 0 Å². The van der Waals surface area contributed by atoms with Crippen LogP contribution < -0.4 is 18.9 Å². The molecule has 0 aliphatic carbocycles. The lowest BCUT2D eigenvalue weighted by Gasteiger charge is -2.25. The summed E-state index contributed by atoms with van der Waals surface area (Å²) in [6, 6.07) is 33.3. The maximum atomic E-state index is 5.72. The van der Waals surface area contributed by atoms with Crippen molar-refractivity contribution in [1.29, 1.82) is 0 Å². The summed E-state index contributed by atoms with van der Waals surface area (Å²) in [5.41, 5.74) is 6.69. The van der Waals surface area contributed by atoms with Crippen molar-refractivity contribution in [3.05, 3.63) is 114 Å². The number of methoxy groups -OCH3 is 2. The fourth-order valence-electron chi connectivity index (χ4n) is 5.73. The number of ether oxygens (including phenoxy) is 4. The van der Waals surface area contributed by atoms with Crippen molar-refractivity contribution in [2.45, 2.75) is 45.9 Å². The van der Waals surface area contributed by atoms with Crippen LogP contribution in [0.1, 0.15) is 36.6 Å². The molecule has 0 unspecified atom stereocenters. The lowest BCUT2D eigenvalue weighted by atomic mass is 10.1. The molecule has 6 rings (SSSR count). The zero-order valence-corrected chi connectivity index (χ0v) is 25.7. The molecule has 0 radical (unpaired) electrons. The normalized spacial score (nSPS) is 12.1. The Balaban J connectivity index is 1.45. The summed E-state index contributed by atoms with van der Waals surface area (Å²) >= 11 is 0. The largest absolute Gasteiger partial charge is 0.497 e. The van der Waals surface area contributed by atoms with Gasteiger partial charge in [0, 0.05) is 43.4 Å². The Morgan fingerprint density at radius 2 is 1.39 bits per heavy atom. The third-order valence-electron chi connectivity index (χ3n) is 7.92. The van der Waals surface area contributed by atoms with E-state index in [9.17, 15) is 0 Å². The van der Waals surface area contributed by atoms with Crippen molar-refractivity contribution < 1.29 is 18.9 Å². The van der Waals surface area contributed by atoms with E-state index < -0.39 is 0 Å². The number of rotatable bonds is 13. The van der Waals surface area contributed by atoms with Crippen molar-refractivity contribution in [3.8, 4) is 45.6 Å². The van der Waals surface area contributed by atoms with Crippen LogP contribution in [0.15, 0.2) is 97.1 Å². The van der Waals surface area contributed by atoms with Crippen LogP contribution in [-0.4, -0.2) is 35.5 Å². The molecule has 7 nitrogen and oxygen atoms in total. The van der Waals surface area contributed by atoms with Gasteiger partial charge in [0.2, 0.25) is 6.79 Å². The van der Waals surface area contributed by atoms with E-state index in [2.05, 4.69) is 101 Å². The molecule has 0 amide bonds. The van der Waals surface area contributed by atoms with Gasteiger partial charge in [0.25, 0.3) is 0 Å². The highest BCUT2D eigenvalue weighted by atomic mass is 16.7. The molecule has 0 N–H and O–H groups in total. The molecule has 1 aromatic heterocycles. The Hall–Kier alpha value is -4.75. The van der Waals surface area contributed by atoms with E-state index in [1.54, 1.807) is 14.2 Å². The smallest absolute Gasteiger partial charge is 0.231 e. The Kier molecular flexibility index (Phi) is 9.13. The first-order chi connectivity index (χ1) is 21.6. The van der Waals surface area contributed by atoms with Gasteiger partial charge in [-0.25, -0.2) is 4.98 Å². The van der Waals surface area contributed by atoms with E-state index in [0.29, 0.717) is 19.6 Å². The van der Waals surface area contributed by atoms with Crippen molar-refractivity contribution >= 4 is 0 Å². The molecule has 1 aliphatic heterocycles. The molecule has 0 saturated heterocycles. The van der Waals surface area contributed by atoms with Gasteiger partial charge < -0.3 is 23.5 Å². The molecular formula is C37H39N3O4. The van der Waals surface area contributed by atoms with Gasteiger partial charge in [-0.2, -0.15) is 0 Å². The third-order valence-corrected chi connectivity index (χ3v) is 7.92. The molecule has 0 fully saturated rings. The Labute approximate surface area is 259 Å². The first-order valence-corrected chi connectivity index (χ1v) is 15.2. The van der Waals surface area contributed by atoms with Crippen LogP contribution in [0.2, 0.25) is 0 Å². The van der Waals surface area contributed by atoms with Crippen molar-refractivity contribution in [1.82, 2.24) is 14.5 Å². The topological polar surface area (TPSA) is 58.0 Å². The molecular weight excluding hydrogens is 550 g/mol. The van der Waals surface area contributed by atoms with Gasteiger partial charge in [-0.1, -0.05) is 80.1 Å². The molecule has 226 valence electrons. The average molecular weight is 590 g/mol. The summed E-state index contributed by atoms with van der Waals surface area (Å²) < 4.78 is 25.0. The number of unbranched alkanes of at least 4 members (excludes halogenated alkanes) is 1. The SMILES string of the molecule is CCCCn1c(-c2ccccc2)nc(-c2ccccc2)c1CN(Cc1cc(OC)cc(OC)c1)Cc1ccc2c(c1)OCO2. The van der Waals surface area contributed by atoms with E-state index in [4.69, 9.17) is 23.9 Å². The van der Waals surface area contributed by atoms with Gasteiger partial charge in [0.1, 0.15) is 17.3 Å². The van der Waals surface area contributed by atoms with E-state index in [1.807, 2.05) is 12.1 Å². The quantitative estimate of drug-likeness (QED) is 0.139. The van der Waals surface area contributed by atoms with Crippen molar-refractivity contribution in [3.63, 3.8) is 0 Å². The third kappa shape index (κ3) is 6.58. The molecule has 1 aliphatic rings. The monoisotopic (exact) mass is 589 g/mol. The standard InChI is InChI=1S/C37H39N3O4/c1-4-5-18-40-33(36(29-12-8-6-9-13-29)38-37(40)30-14-10-7-11-15-30)25-39(23-27-16-17-34-35(21-27)44-26-43-34)24-28-19-31(41-2)22-32(20-28)42-3/h6-17,19-22H,4-5,18,23-26H2,1-3H3. The first kappa shape index (κ1) is 29.3. The van der Waals surface area contributed by atoms with Crippen LogP contribution in [-0.2, 0) is 26.2 Å². The Morgan fingerprint density at radius 3 is 2.07 bits per heavy atom. The minimum absolute atomic E-state index is 0.255. The minimum atomic E-state index is 0.255. The molecule has 44 heavy (non-hydrogen) atoms. The molecule has 0 bridgehead atoms. The second kappa shape index (κ2) is 13.7. The van der Waals surface area contributed by atoms with Crippen LogP contribution in [0.25, 0.3) is 22.6 Å². The van der Waals surface area contributed by atoms with E-state index in [0.717, 1.165) is 76.2 Å². The fourth-order valence-corrected chi connectivity index (χ4v) is 5.73. The number of fused-ring (bicyclic) bond motifs is 1. The van der Waals surface area contributed by atoms with Crippen molar-refractivity contribution in [2.24, 2.45) is 0 Å². The molecule has 0 saturated carbocycles. The van der Waals surface area contributed by atoms with Gasteiger partial charge in [-0.15, -0.1) is 0 Å². The van der Waals surface area contributed by atoms with Crippen LogP contribution >= 0.6 is 0 Å². The second-order valence-corrected chi connectivity index (χ2v) is 11.0. The van der Waals surface area contributed by atoms with Crippen LogP contribution in [0.5, 0.6) is 23.0 Å². The zero-order valence-electron chi connectivity index (χ0n) is 25.7. The molecule has 2 heterocycles. The van der Waals surface area contributed by atoms with Crippen LogP contribution in [0, 0.1) is 0 Å². The second-order valence-electron chi connectivity index (χ2n) is 11.0. The molecule has 0 spiro atoms. The van der Waals surface area contributed by atoms with Gasteiger partial charge in [0.15, 0.2) is 11.5 Å². The van der Waals surface area contributed by atoms with E-state index in [1.165, 1.54) is 5.69 Å². The summed E-state index contributed by atoms with van der Waals surface area (Å²) in [7, 11) is 3.37. The van der Waals surface area contributed by atoms with Gasteiger partial charge in [-0.3, -0.25) is 4.90 Å². The molecule has 5 aromatic rings. The highest BCUT2D eigenvalue weighted by Gasteiger charge is 2.23. The Morgan fingerprint density at radius 1 is 0.727 bits per heavy atom.